The minimum absolute atomic E-state index is 0.241. The van der Waals surface area contributed by atoms with Gasteiger partial charge in [-0.25, -0.2) is 9.59 Å². The van der Waals surface area contributed by atoms with Gasteiger partial charge in [0, 0.05) is 15.6 Å². The van der Waals surface area contributed by atoms with E-state index in [2.05, 4.69) is 9.97 Å². The summed E-state index contributed by atoms with van der Waals surface area (Å²) in [5.41, 5.74) is 1.32. The molecule has 0 saturated carbocycles. The molecule has 0 amide bonds. The summed E-state index contributed by atoms with van der Waals surface area (Å²) in [6.45, 7) is 3.66. The minimum Gasteiger partial charge on any atom is -0.506 e. The molecule has 0 aliphatic rings. The van der Waals surface area contributed by atoms with Crippen LogP contribution in [0.4, 0.5) is 0 Å². The van der Waals surface area contributed by atoms with E-state index in [0.29, 0.717) is 45.4 Å². The number of carboxylic acid groups (broad SMARTS) is 2. The lowest BCUT2D eigenvalue weighted by molar-refractivity contribution is 0.0682. The number of carbonyl (C=O) groups is 2. The number of carboxylic acids is 2. The van der Waals surface area contributed by atoms with Gasteiger partial charge in [-0.15, -0.1) is 0 Å². The summed E-state index contributed by atoms with van der Waals surface area (Å²) in [7, 11) is 0. The second-order valence-electron chi connectivity index (χ2n) is 8.27. The summed E-state index contributed by atoms with van der Waals surface area (Å²) in [6.07, 6.45) is 0.996. The van der Waals surface area contributed by atoms with Crippen molar-refractivity contribution < 1.29 is 24.9 Å². The van der Waals surface area contributed by atoms with E-state index in [4.69, 9.17) is 33.4 Å². The maximum Gasteiger partial charge on any atom is 0.345 e. The molecule has 39 heavy (non-hydrogen) atoms. The highest BCUT2D eigenvalue weighted by Crippen LogP contribution is 2.30. The van der Waals surface area contributed by atoms with E-state index >= 15 is 0 Å². The minimum atomic E-state index is -1.46. The molecule has 4 rings (SSSR count). The van der Waals surface area contributed by atoms with Gasteiger partial charge in [0.05, 0.1) is 11.4 Å². The summed E-state index contributed by atoms with van der Waals surface area (Å²) >= 11 is 11.6. The van der Waals surface area contributed by atoms with Crippen LogP contribution < -0.4 is 11.1 Å². The predicted octanol–water partition coefficient (Wildman–Crippen LogP) is 5.62. The van der Waals surface area contributed by atoms with Crippen LogP contribution in [0.15, 0.2) is 64.2 Å². The Kier molecular flexibility index (Phi) is 9.34. The molecule has 4 aromatic rings. The lowest BCUT2D eigenvalue weighted by Gasteiger charge is -2.11. The fourth-order valence-electron chi connectivity index (χ4n) is 3.92. The zero-order chi connectivity index (χ0) is 28.9. The van der Waals surface area contributed by atoms with Gasteiger partial charge in [0.15, 0.2) is 5.56 Å². The normalized spacial score (nSPS) is 10.5. The third-order valence-electron chi connectivity index (χ3n) is 5.86. The maximum absolute atomic E-state index is 11.8. The highest BCUT2D eigenvalue weighted by atomic mass is 35.5. The SMILES string of the molecule is CCc1c(-c2ccc(Cl)cc2)[nH]c(=O)c(C(=O)O)c1O.CCc1cc(C(=O)O)c(=O)[nH]c1-c1ccc(Cl)cc1. The number of rotatable bonds is 6. The average molecular weight is 571 g/mol. The van der Waals surface area contributed by atoms with Crippen LogP contribution in [0, 0.1) is 0 Å². The topological polar surface area (TPSA) is 161 Å². The molecule has 0 radical (unpaired) electrons. The van der Waals surface area contributed by atoms with E-state index in [1.54, 1.807) is 55.5 Å². The Bertz CT molecular complexity index is 1640. The summed E-state index contributed by atoms with van der Waals surface area (Å²) in [6, 6.07) is 15.1. The van der Waals surface area contributed by atoms with Crippen molar-refractivity contribution in [3.63, 3.8) is 0 Å². The van der Waals surface area contributed by atoms with Gasteiger partial charge in [0.25, 0.3) is 11.1 Å². The molecule has 202 valence electrons. The molecule has 0 fully saturated rings. The average Bonchev–Trinajstić information content (AvgIpc) is 2.89. The second-order valence-corrected chi connectivity index (χ2v) is 9.15. The summed E-state index contributed by atoms with van der Waals surface area (Å²) in [5.74, 6) is -3.17. The first-order chi connectivity index (χ1) is 18.5. The number of nitrogens with one attached hydrogen (secondary N) is 2. The second kappa shape index (κ2) is 12.5. The van der Waals surface area contributed by atoms with Crippen molar-refractivity contribution in [3.8, 4) is 28.3 Å². The first-order valence-corrected chi connectivity index (χ1v) is 12.5. The number of benzene rings is 2. The van der Waals surface area contributed by atoms with Crippen LogP contribution in [0.5, 0.6) is 5.75 Å². The van der Waals surface area contributed by atoms with Crippen LogP contribution in [-0.4, -0.2) is 37.2 Å². The van der Waals surface area contributed by atoms with Gasteiger partial charge in [-0.3, -0.25) is 9.59 Å². The third kappa shape index (κ3) is 6.57. The van der Waals surface area contributed by atoms with E-state index in [1.165, 1.54) is 6.07 Å². The number of halogens is 2. The number of aromatic hydroxyl groups is 1. The van der Waals surface area contributed by atoms with Crippen LogP contribution in [0.2, 0.25) is 10.0 Å². The zero-order valence-electron chi connectivity index (χ0n) is 20.8. The number of aromatic carboxylic acids is 2. The zero-order valence-corrected chi connectivity index (χ0v) is 22.4. The lowest BCUT2D eigenvalue weighted by atomic mass is 10.0. The van der Waals surface area contributed by atoms with Crippen LogP contribution >= 0.6 is 23.2 Å². The third-order valence-corrected chi connectivity index (χ3v) is 6.36. The molecule has 0 saturated heterocycles. The fraction of sp³-hybridized carbons (Fsp3) is 0.143. The first-order valence-electron chi connectivity index (χ1n) is 11.7. The van der Waals surface area contributed by atoms with Crippen molar-refractivity contribution in [2.75, 3.05) is 0 Å². The van der Waals surface area contributed by atoms with Crippen molar-refractivity contribution in [1.29, 1.82) is 0 Å². The number of hydrogen-bond donors (Lipinski definition) is 5. The Balaban J connectivity index is 0.000000216. The summed E-state index contributed by atoms with van der Waals surface area (Å²) in [5, 5.41) is 29.1. The van der Waals surface area contributed by atoms with Crippen molar-refractivity contribution in [3.05, 3.63) is 108 Å². The van der Waals surface area contributed by atoms with E-state index in [9.17, 15) is 24.3 Å². The smallest absolute Gasteiger partial charge is 0.345 e. The summed E-state index contributed by atoms with van der Waals surface area (Å²) in [4.78, 5) is 50.6. The monoisotopic (exact) mass is 570 g/mol. The van der Waals surface area contributed by atoms with E-state index in [0.717, 1.165) is 11.1 Å². The number of H-pyrrole nitrogens is 2. The predicted molar refractivity (Wildman–Crippen MR) is 149 cm³/mol. The largest absolute Gasteiger partial charge is 0.506 e. The summed E-state index contributed by atoms with van der Waals surface area (Å²) < 4.78 is 0. The molecule has 2 heterocycles. The number of pyridine rings is 2. The highest BCUT2D eigenvalue weighted by molar-refractivity contribution is 6.30. The molecule has 11 heteroatoms. The first kappa shape index (κ1) is 29.2. The van der Waals surface area contributed by atoms with Crippen LogP contribution in [0.1, 0.15) is 45.7 Å². The van der Waals surface area contributed by atoms with Crippen molar-refractivity contribution in [2.45, 2.75) is 26.7 Å². The Labute approximate surface area is 232 Å². The van der Waals surface area contributed by atoms with Gasteiger partial charge in [0.2, 0.25) is 0 Å². The Morgan fingerprint density at radius 2 is 1.23 bits per heavy atom. The molecule has 2 aromatic carbocycles. The van der Waals surface area contributed by atoms with Crippen molar-refractivity contribution in [1.82, 2.24) is 9.97 Å². The molecule has 2 aromatic heterocycles. The maximum atomic E-state index is 11.8. The van der Waals surface area contributed by atoms with E-state index in [-0.39, 0.29) is 5.56 Å². The van der Waals surface area contributed by atoms with Gasteiger partial charge >= 0.3 is 11.9 Å². The number of aryl methyl sites for hydroxylation is 1. The molecular weight excluding hydrogens is 547 g/mol. The van der Waals surface area contributed by atoms with E-state index < -0.39 is 34.4 Å². The molecule has 0 atom stereocenters. The molecule has 0 spiro atoms. The molecule has 0 aliphatic heterocycles. The van der Waals surface area contributed by atoms with Crippen molar-refractivity contribution >= 4 is 35.1 Å². The molecule has 5 N–H and O–H groups in total. The molecule has 9 nitrogen and oxygen atoms in total. The molecular formula is C28H24Cl2N2O7. The van der Waals surface area contributed by atoms with Gasteiger partial charge < -0.3 is 25.3 Å². The Hall–Kier alpha value is -4.34. The molecule has 0 unspecified atom stereocenters. The molecule has 0 aliphatic carbocycles. The van der Waals surface area contributed by atoms with Crippen LogP contribution in [0.3, 0.4) is 0 Å². The van der Waals surface area contributed by atoms with Crippen LogP contribution in [0.25, 0.3) is 22.5 Å². The quantitative estimate of drug-likeness (QED) is 0.201. The van der Waals surface area contributed by atoms with Gasteiger partial charge in [-0.1, -0.05) is 61.3 Å². The van der Waals surface area contributed by atoms with Crippen LogP contribution in [-0.2, 0) is 12.8 Å². The van der Waals surface area contributed by atoms with Gasteiger partial charge in [-0.05, 0) is 59.9 Å². The van der Waals surface area contributed by atoms with E-state index in [1.807, 2.05) is 6.92 Å². The Morgan fingerprint density at radius 1 is 0.744 bits per heavy atom. The van der Waals surface area contributed by atoms with Gasteiger partial charge in [0.1, 0.15) is 11.3 Å². The fourth-order valence-corrected chi connectivity index (χ4v) is 4.17. The number of hydrogen-bond acceptors (Lipinski definition) is 5. The lowest BCUT2D eigenvalue weighted by Crippen LogP contribution is -2.19. The van der Waals surface area contributed by atoms with Crippen molar-refractivity contribution in [2.24, 2.45) is 0 Å². The standard InChI is InChI=1S/C14H12ClNO4.C14H12ClNO3/c1-2-9-11(7-3-5-8(15)6-4-7)16-13(18)10(12(9)17)14(19)20;1-2-8-7-11(14(18)19)13(17)16-12(8)9-3-5-10(15)6-4-9/h3-6H,2H2,1H3,(H,19,20)(H2,16,17,18);3-7H,2H2,1H3,(H,16,17)(H,18,19). The Morgan fingerprint density at radius 3 is 1.67 bits per heavy atom. The number of aromatic amines is 2. The number of aromatic nitrogens is 2. The van der Waals surface area contributed by atoms with Gasteiger partial charge in [-0.2, -0.15) is 0 Å². The highest BCUT2D eigenvalue weighted by Gasteiger charge is 2.21. The molecule has 0 bridgehead atoms.